The molecule has 0 aliphatic heterocycles. The van der Waals surface area contributed by atoms with Crippen molar-refractivity contribution in [1.82, 2.24) is 0 Å². The van der Waals surface area contributed by atoms with Crippen LogP contribution in [0.25, 0.3) is 10.8 Å². The minimum Gasteiger partial charge on any atom is -0.233 e. The number of benzene rings is 3. The highest BCUT2D eigenvalue weighted by Crippen LogP contribution is 2.14. The summed E-state index contributed by atoms with van der Waals surface area (Å²) in [5.74, 6) is 0. The molecule has 0 aliphatic rings. The van der Waals surface area contributed by atoms with Crippen molar-refractivity contribution in [2.45, 2.75) is 27.6 Å². The third-order valence-electron chi connectivity index (χ3n) is 4.46. The fourth-order valence-corrected chi connectivity index (χ4v) is 3.66. The predicted octanol–water partition coefficient (Wildman–Crippen LogP) is 4.00. The molecule has 0 spiro atoms. The number of hydrogen-bond donors (Lipinski definition) is 0. The van der Waals surface area contributed by atoms with Gasteiger partial charge in [-0.25, -0.2) is 17.7 Å². The van der Waals surface area contributed by atoms with Crippen molar-refractivity contribution in [2.75, 3.05) is 0 Å². The highest BCUT2D eigenvalue weighted by atomic mass is 14.1. The second-order valence-electron chi connectivity index (χ2n) is 6.10. The highest BCUT2D eigenvalue weighted by Gasteiger charge is 2.06. The van der Waals surface area contributed by atoms with E-state index < -0.39 is 0 Å². The summed E-state index contributed by atoms with van der Waals surface area (Å²) in [6.45, 7) is 9.38. The van der Waals surface area contributed by atoms with Gasteiger partial charge < -0.3 is 0 Å². The smallest absolute Gasteiger partial charge is 0.0217 e. The molecule has 0 saturated carbocycles. The maximum absolute atomic E-state index is 2.33. The Hall–Kier alpha value is -2.02. The molecule has 105 valence electrons. The van der Waals surface area contributed by atoms with E-state index in [0.717, 1.165) is 0 Å². The Kier molecular flexibility index (Phi) is 3.59. The summed E-state index contributed by atoms with van der Waals surface area (Å²) in [6.07, 6.45) is 0. The van der Waals surface area contributed by atoms with Crippen molar-refractivity contribution < 1.29 is 0 Å². The molecule has 0 heterocycles. The van der Waals surface area contributed by atoms with Gasteiger partial charge in [-0.2, -0.15) is 0 Å². The maximum Gasteiger partial charge on any atom is -0.0217 e. The van der Waals surface area contributed by atoms with E-state index in [1.807, 2.05) is 0 Å². The average Bonchev–Trinajstić information content (AvgIpc) is 2.45. The fourth-order valence-electron chi connectivity index (χ4n) is 3.66. The van der Waals surface area contributed by atoms with Crippen LogP contribution in [0.1, 0.15) is 16.7 Å². The molecule has 0 unspecified atom stereocenters. The second kappa shape index (κ2) is 5.40. The van der Waals surface area contributed by atoms with Gasteiger partial charge in [-0.3, -0.25) is 0 Å². The molecule has 21 heavy (non-hydrogen) atoms. The molecule has 1 radical (unpaired) electrons. The Labute approximate surface area is 127 Å². The van der Waals surface area contributed by atoms with Crippen molar-refractivity contribution in [3.63, 3.8) is 0 Å². The Balaban J connectivity index is 2.20. The van der Waals surface area contributed by atoms with Gasteiger partial charge in [0.15, 0.2) is 0 Å². The molecule has 3 rings (SSSR count). The first kappa shape index (κ1) is 13.9. The Morgan fingerprint density at radius 3 is 2.10 bits per heavy atom. The van der Waals surface area contributed by atoms with Gasteiger partial charge in [0.1, 0.15) is 0 Å². The van der Waals surface area contributed by atoms with Gasteiger partial charge in [-0.05, 0) is 26.2 Å². The van der Waals surface area contributed by atoms with E-state index >= 15 is 0 Å². The molecule has 0 saturated heterocycles. The van der Waals surface area contributed by atoms with Crippen molar-refractivity contribution in [1.29, 1.82) is 0 Å². The van der Waals surface area contributed by atoms with Gasteiger partial charge in [0, 0.05) is 0 Å². The van der Waals surface area contributed by atoms with Gasteiger partial charge in [-0.1, -0.05) is 83.4 Å². The number of fused-ring (bicyclic) bond motifs is 1. The molecule has 3 aromatic carbocycles. The summed E-state index contributed by atoms with van der Waals surface area (Å²) in [6, 6.07) is 19.9. The average molecular weight is 272 g/mol. The van der Waals surface area contributed by atoms with Crippen LogP contribution in [-0.4, -0.2) is 6.71 Å². The maximum atomic E-state index is 2.33. The largest absolute Gasteiger partial charge is 0.233 e. The van der Waals surface area contributed by atoms with E-state index in [1.54, 1.807) is 0 Å². The van der Waals surface area contributed by atoms with Crippen LogP contribution < -0.4 is 10.9 Å². The van der Waals surface area contributed by atoms with Crippen LogP contribution in [0, 0.1) is 20.8 Å². The van der Waals surface area contributed by atoms with Crippen LogP contribution in [0.2, 0.25) is 6.82 Å². The summed E-state index contributed by atoms with van der Waals surface area (Å²) in [5, 5.41) is 2.69. The van der Waals surface area contributed by atoms with Crippen LogP contribution >= 0.6 is 0 Å². The Bertz CT molecular complexity index is 774. The molecule has 3 aromatic rings. The van der Waals surface area contributed by atoms with Gasteiger partial charge in [0.25, 0.3) is 0 Å². The number of hydrogen-bond acceptors (Lipinski definition) is 0. The first-order chi connectivity index (χ1) is 10.1. The molecule has 0 aromatic heterocycles. The minimum absolute atomic E-state index is 0.414. The van der Waals surface area contributed by atoms with Crippen molar-refractivity contribution in [3.8, 4) is 0 Å². The van der Waals surface area contributed by atoms with Gasteiger partial charge in [0.05, 0.1) is 0 Å². The van der Waals surface area contributed by atoms with Crippen molar-refractivity contribution >= 4 is 28.4 Å². The molecule has 0 aliphatic carbocycles. The number of aryl methyl sites for hydroxylation is 3. The Morgan fingerprint density at radius 2 is 1.38 bits per heavy atom. The highest BCUT2D eigenvalue weighted by molar-refractivity contribution is 6.86. The standard InChI is InChI=1S/C20H21B/c1-14-12-15(2)20(16(3)13-14)21(4)19-11-7-9-17-8-5-6-10-18(17)19/h5-13H,1-4H3/q-1. The lowest BCUT2D eigenvalue weighted by Crippen LogP contribution is -2.42. The zero-order chi connectivity index (χ0) is 15.0. The first-order valence-electron chi connectivity index (χ1n) is 7.63. The SMILES string of the molecule is C[B-](c1c(C)cc(C)cc1C)c1cccc2ccccc12. The van der Waals surface area contributed by atoms with Crippen molar-refractivity contribution in [3.05, 3.63) is 71.3 Å². The lowest BCUT2D eigenvalue weighted by Gasteiger charge is -2.30. The van der Waals surface area contributed by atoms with Gasteiger partial charge in [0.2, 0.25) is 0 Å². The van der Waals surface area contributed by atoms with E-state index in [1.165, 1.54) is 38.4 Å². The topological polar surface area (TPSA) is 0 Å². The molecule has 0 amide bonds. The quantitative estimate of drug-likeness (QED) is 0.618. The van der Waals surface area contributed by atoms with Crippen LogP contribution in [-0.2, 0) is 0 Å². The van der Waals surface area contributed by atoms with E-state index in [0.29, 0.717) is 6.71 Å². The summed E-state index contributed by atoms with van der Waals surface area (Å²) in [7, 11) is 0. The van der Waals surface area contributed by atoms with Crippen LogP contribution in [0.3, 0.4) is 0 Å². The summed E-state index contributed by atoms with van der Waals surface area (Å²) >= 11 is 0. The van der Waals surface area contributed by atoms with Crippen molar-refractivity contribution in [2.24, 2.45) is 0 Å². The molecular weight excluding hydrogens is 251 g/mol. The van der Waals surface area contributed by atoms with Gasteiger partial charge in [-0.15, -0.1) is 0 Å². The summed E-state index contributed by atoms with van der Waals surface area (Å²) in [5.41, 5.74) is 7.03. The minimum atomic E-state index is 0.414. The molecule has 0 bridgehead atoms. The predicted molar refractivity (Wildman–Crippen MR) is 95.5 cm³/mol. The van der Waals surface area contributed by atoms with E-state index in [-0.39, 0.29) is 0 Å². The zero-order valence-electron chi connectivity index (χ0n) is 13.3. The first-order valence-corrected chi connectivity index (χ1v) is 7.63. The van der Waals surface area contributed by atoms with Gasteiger partial charge >= 0.3 is 0 Å². The molecule has 0 N–H and O–H groups in total. The lowest BCUT2D eigenvalue weighted by atomic mass is 9.40. The van der Waals surface area contributed by atoms with E-state index in [9.17, 15) is 0 Å². The summed E-state index contributed by atoms with van der Waals surface area (Å²) < 4.78 is 0. The third-order valence-corrected chi connectivity index (χ3v) is 4.46. The molecule has 0 fully saturated rings. The van der Waals surface area contributed by atoms with Crippen LogP contribution in [0.4, 0.5) is 0 Å². The molecule has 0 atom stereocenters. The lowest BCUT2D eigenvalue weighted by molar-refractivity contribution is 1.35. The van der Waals surface area contributed by atoms with Crippen LogP contribution in [0.5, 0.6) is 0 Å². The van der Waals surface area contributed by atoms with Crippen LogP contribution in [0.15, 0.2) is 54.6 Å². The summed E-state index contributed by atoms with van der Waals surface area (Å²) in [4.78, 5) is 0. The third kappa shape index (κ3) is 2.49. The number of rotatable bonds is 2. The fraction of sp³-hybridized carbons (Fsp3) is 0.200. The van der Waals surface area contributed by atoms with E-state index in [2.05, 4.69) is 82.2 Å². The second-order valence-corrected chi connectivity index (χ2v) is 6.10. The molecule has 0 nitrogen and oxygen atoms in total. The normalized spacial score (nSPS) is 11.3. The zero-order valence-corrected chi connectivity index (χ0v) is 13.3. The molecule has 1 heteroatoms. The van der Waals surface area contributed by atoms with E-state index in [4.69, 9.17) is 0 Å². The Morgan fingerprint density at radius 1 is 0.762 bits per heavy atom. The molecular formula is C20H21B-. The monoisotopic (exact) mass is 272 g/mol.